The van der Waals surface area contributed by atoms with E-state index in [1.807, 2.05) is 0 Å². The molecule has 2 aliphatic rings. The Balaban J connectivity index is 1.55. The number of nitrogens with zero attached hydrogens (tertiary/aromatic N) is 3. The second-order valence-electron chi connectivity index (χ2n) is 7.32. The summed E-state index contributed by atoms with van der Waals surface area (Å²) in [5.74, 6) is -1.78. The highest BCUT2D eigenvalue weighted by Gasteiger charge is 2.34. The Morgan fingerprint density at radius 3 is 2.11 bits per heavy atom. The summed E-state index contributed by atoms with van der Waals surface area (Å²) in [5.41, 5.74) is 0.307. The van der Waals surface area contributed by atoms with E-state index in [4.69, 9.17) is 0 Å². The molecule has 2 unspecified atom stereocenters. The van der Waals surface area contributed by atoms with Crippen LogP contribution in [0, 0.1) is 22.0 Å². The molecule has 0 spiro atoms. The summed E-state index contributed by atoms with van der Waals surface area (Å²) in [4.78, 5) is 50.0. The molecule has 2 fully saturated rings. The first-order valence-corrected chi connectivity index (χ1v) is 9.42. The lowest BCUT2D eigenvalue weighted by Crippen LogP contribution is -2.52. The van der Waals surface area contributed by atoms with Gasteiger partial charge in [-0.1, -0.05) is 6.42 Å². The van der Waals surface area contributed by atoms with Gasteiger partial charge in [-0.05, 0) is 31.4 Å². The van der Waals surface area contributed by atoms with Crippen molar-refractivity contribution in [3.05, 3.63) is 39.9 Å². The number of carbonyl (C=O) groups excluding carboxylic acids is 2. The van der Waals surface area contributed by atoms with Gasteiger partial charge in [0.1, 0.15) is 0 Å². The van der Waals surface area contributed by atoms with Gasteiger partial charge in [0.05, 0.1) is 10.8 Å². The molecule has 1 heterocycles. The predicted molar refractivity (Wildman–Crippen MR) is 98.7 cm³/mol. The first-order valence-electron chi connectivity index (χ1n) is 9.42. The van der Waals surface area contributed by atoms with Crippen LogP contribution in [0.2, 0.25) is 0 Å². The molecule has 1 aliphatic heterocycles. The molecule has 0 radical (unpaired) electrons. The fourth-order valence-electron chi connectivity index (χ4n) is 3.93. The predicted octanol–water partition coefficient (Wildman–Crippen LogP) is 1.77. The fraction of sp³-hybridized carbons (Fsp3) is 0.526. The molecule has 1 aromatic carbocycles. The highest BCUT2D eigenvalue weighted by atomic mass is 16.6. The molecule has 150 valence electrons. The summed E-state index contributed by atoms with van der Waals surface area (Å²) < 4.78 is 0. The van der Waals surface area contributed by atoms with Crippen molar-refractivity contribution in [2.45, 2.75) is 25.7 Å². The van der Waals surface area contributed by atoms with Crippen molar-refractivity contribution in [3.8, 4) is 0 Å². The third-order valence-corrected chi connectivity index (χ3v) is 5.58. The Bertz CT molecular complexity index is 770. The maximum Gasteiger partial charge on any atom is 0.306 e. The Labute approximate surface area is 162 Å². The first kappa shape index (κ1) is 19.8. The lowest BCUT2D eigenvalue weighted by Gasteiger charge is -2.37. The van der Waals surface area contributed by atoms with Crippen molar-refractivity contribution in [3.63, 3.8) is 0 Å². The van der Waals surface area contributed by atoms with Crippen molar-refractivity contribution in [1.29, 1.82) is 0 Å². The molecule has 0 aromatic heterocycles. The molecule has 2 atom stereocenters. The average Bonchev–Trinajstić information content (AvgIpc) is 2.73. The van der Waals surface area contributed by atoms with E-state index in [9.17, 15) is 29.6 Å². The number of hydrogen-bond acceptors (Lipinski definition) is 5. The lowest BCUT2D eigenvalue weighted by atomic mass is 9.80. The molecule has 9 heteroatoms. The summed E-state index contributed by atoms with van der Waals surface area (Å²) in [7, 11) is 0. The van der Waals surface area contributed by atoms with Gasteiger partial charge in [0.15, 0.2) is 0 Å². The highest BCUT2D eigenvalue weighted by Crippen LogP contribution is 2.31. The zero-order chi connectivity index (χ0) is 20.3. The minimum atomic E-state index is -0.837. The van der Waals surface area contributed by atoms with Gasteiger partial charge in [0, 0.05) is 49.8 Å². The summed E-state index contributed by atoms with van der Waals surface area (Å²) in [5, 5.41) is 19.9. The third-order valence-electron chi connectivity index (χ3n) is 5.58. The normalized spacial score (nSPS) is 22.6. The van der Waals surface area contributed by atoms with E-state index in [2.05, 4.69) is 0 Å². The van der Waals surface area contributed by atoms with Crippen LogP contribution in [0.15, 0.2) is 24.3 Å². The number of aliphatic carboxylic acids is 1. The Morgan fingerprint density at radius 1 is 0.964 bits per heavy atom. The summed E-state index contributed by atoms with van der Waals surface area (Å²) in [6.45, 7) is 1.59. The second-order valence-corrected chi connectivity index (χ2v) is 7.32. The number of benzene rings is 1. The van der Waals surface area contributed by atoms with Crippen molar-refractivity contribution in [2.24, 2.45) is 11.8 Å². The third kappa shape index (κ3) is 4.29. The maximum absolute atomic E-state index is 12.7. The Kier molecular flexibility index (Phi) is 5.91. The zero-order valence-electron chi connectivity index (χ0n) is 15.5. The smallest absolute Gasteiger partial charge is 0.306 e. The van der Waals surface area contributed by atoms with Crippen LogP contribution in [0.5, 0.6) is 0 Å². The number of nitro groups is 1. The van der Waals surface area contributed by atoms with Gasteiger partial charge >= 0.3 is 5.97 Å². The van der Waals surface area contributed by atoms with Crippen molar-refractivity contribution >= 4 is 23.5 Å². The van der Waals surface area contributed by atoms with Gasteiger partial charge in [-0.3, -0.25) is 24.5 Å². The molecule has 3 rings (SSSR count). The minimum Gasteiger partial charge on any atom is -0.481 e. The summed E-state index contributed by atoms with van der Waals surface area (Å²) >= 11 is 0. The first-order chi connectivity index (χ1) is 13.4. The topological polar surface area (TPSA) is 121 Å². The van der Waals surface area contributed by atoms with Crippen LogP contribution >= 0.6 is 0 Å². The Morgan fingerprint density at radius 2 is 1.54 bits per heavy atom. The van der Waals surface area contributed by atoms with E-state index >= 15 is 0 Å². The number of amides is 2. The molecule has 0 bridgehead atoms. The van der Waals surface area contributed by atoms with Crippen LogP contribution in [0.3, 0.4) is 0 Å². The van der Waals surface area contributed by atoms with Crippen LogP contribution < -0.4 is 0 Å². The molecule has 1 N–H and O–H groups in total. The van der Waals surface area contributed by atoms with Crippen LogP contribution in [0.25, 0.3) is 0 Å². The van der Waals surface area contributed by atoms with Gasteiger partial charge < -0.3 is 14.9 Å². The minimum absolute atomic E-state index is 0.0200. The van der Waals surface area contributed by atoms with Crippen LogP contribution in [0.4, 0.5) is 5.69 Å². The van der Waals surface area contributed by atoms with E-state index in [1.54, 1.807) is 9.80 Å². The second kappa shape index (κ2) is 8.37. The van der Waals surface area contributed by atoms with Gasteiger partial charge in [-0.25, -0.2) is 0 Å². The highest BCUT2D eigenvalue weighted by molar-refractivity contribution is 5.94. The number of rotatable bonds is 4. The molecule has 2 amide bonds. The number of nitro benzene ring substituents is 1. The van der Waals surface area contributed by atoms with Gasteiger partial charge in [0.25, 0.3) is 11.6 Å². The lowest BCUT2D eigenvalue weighted by molar-refractivity contribution is -0.384. The van der Waals surface area contributed by atoms with Crippen LogP contribution in [-0.2, 0) is 9.59 Å². The number of carbonyl (C=O) groups is 3. The number of hydrogen-bond donors (Lipinski definition) is 1. The molecular formula is C19H23N3O6. The number of carboxylic acid groups (broad SMARTS) is 1. The average molecular weight is 389 g/mol. The van der Waals surface area contributed by atoms with E-state index in [0.29, 0.717) is 51.0 Å². The SMILES string of the molecule is O=C(O)C1CCCC(C(=O)N2CCN(C(=O)c3ccc([N+](=O)[O-])cc3)CC2)C1. The van der Waals surface area contributed by atoms with Crippen molar-refractivity contribution < 1.29 is 24.4 Å². The van der Waals surface area contributed by atoms with Gasteiger partial charge in [-0.15, -0.1) is 0 Å². The van der Waals surface area contributed by atoms with E-state index in [-0.39, 0.29) is 23.4 Å². The number of carboxylic acids is 1. The maximum atomic E-state index is 12.7. The van der Waals surface area contributed by atoms with Crippen LogP contribution in [0.1, 0.15) is 36.0 Å². The van der Waals surface area contributed by atoms with E-state index < -0.39 is 16.8 Å². The molecule has 9 nitrogen and oxygen atoms in total. The standard InChI is InChI=1S/C19H23N3O6/c23-17(13-4-6-16(7-5-13)22(27)28)20-8-10-21(11-9-20)18(24)14-2-1-3-15(12-14)19(25)26/h4-7,14-15H,1-3,8-12H2,(H,25,26). The molecule has 1 aromatic rings. The zero-order valence-corrected chi connectivity index (χ0v) is 15.5. The number of non-ortho nitro benzene ring substituents is 1. The van der Waals surface area contributed by atoms with Gasteiger partial charge in [0.2, 0.25) is 5.91 Å². The van der Waals surface area contributed by atoms with Crippen LogP contribution in [-0.4, -0.2) is 63.8 Å². The number of piperazine rings is 1. The largest absolute Gasteiger partial charge is 0.481 e. The van der Waals surface area contributed by atoms with Crippen molar-refractivity contribution in [2.75, 3.05) is 26.2 Å². The van der Waals surface area contributed by atoms with Gasteiger partial charge in [-0.2, -0.15) is 0 Å². The molecule has 28 heavy (non-hydrogen) atoms. The monoisotopic (exact) mass is 389 g/mol. The molecule has 1 aliphatic carbocycles. The van der Waals surface area contributed by atoms with E-state index in [1.165, 1.54) is 24.3 Å². The summed E-state index contributed by atoms with van der Waals surface area (Å²) in [6, 6.07) is 5.47. The summed E-state index contributed by atoms with van der Waals surface area (Å²) in [6.07, 6.45) is 2.46. The fourth-order valence-corrected chi connectivity index (χ4v) is 3.93. The Hall–Kier alpha value is -2.97. The molecule has 1 saturated heterocycles. The molecular weight excluding hydrogens is 366 g/mol. The molecule has 1 saturated carbocycles. The van der Waals surface area contributed by atoms with E-state index in [0.717, 1.165) is 6.42 Å². The van der Waals surface area contributed by atoms with Crippen molar-refractivity contribution in [1.82, 2.24) is 9.80 Å². The quantitative estimate of drug-likeness (QED) is 0.619.